The third kappa shape index (κ3) is 1.44. The van der Waals surface area contributed by atoms with Gasteiger partial charge in [-0.3, -0.25) is 0 Å². The Balaban J connectivity index is 2.28. The summed E-state index contributed by atoms with van der Waals surface area (Å²) in [5.74, 6) is 0. The van der Waals surface area contributed by atoms with Gasteiger partial charge in [0.2, 0.25) is 0 Å². The van der Waals surface area contributed by atoms with E-state index in [9.17, 15) is 0 Å². The lowest BCUT2D eigenvalue weighted by atomic mass is 10.0. The van der Waals surface area contributed by atoms with Crippen molar-refractivity contribution in [2.24, 2.45) is 0 Å². The molecular formula is C14H12Al. The number of benzene rings is 2. The molecule has 3 rings (SSSR count). The summed E-state index contributed by atoms with van der Waals surface area (Å²) in [6.07, 6.45) is 0. The highest BCUT2D eigenvalue weighted by Gasteiger charge is 2.19. The molecule has 0 saturated heterocycles. The zero-order valence-electron chi connectivity index (χ0n) is 9.04. The highest BCUT2D eigenvalue weighted by atomic mass is 27.1. The molecule has 0 nitrogen and oxygen atoms in total. The van der Waals surface area contributed by atoms with E-state index in [0.717, 1.165) is 0 Å². The zero-order chi connectivity index (χ0) is 10.4. The minimum atomic E-state index is 0.326. The molecule has 0 fully saturated rings. The van der Waals surface area contributed by atoms with Crippen molar-refractivity contribution < 1.29 is 0 Å². The molecule has 15 heavy (non-hydrogen) atoms. The second kappa shape index (κ2) is 3.24. The topological polar surface area (TPSA) is 0 Å². The van der Waals surface area contributed by atoms with Gasteiger partial charge in [0.1, 0.15) is 0 Å². The highest BCUT2D eigenvalue weighted by molar-refractivity contribution is 6.73. The predicted molar refractivity (Wildman–Crippen MR) is 66.4 cm³/mol. The second-order valence-corrected chi connectivity index (χ2v) is 5.86. The first-order chi connectivity index (χ1) is 7.24. The number of hydrogen-bond acceptors (Lipinski definition) is 0. The van der Waals surface area contributed by atoms with E-state index >= 15 is 0 Å². The molecule has 1 heteroatoms. The quantitative estimate of drug-likeness (QED) is 0.494. The second-order valence-electron chi connectivity index (χ2n) is 4.33. The molecule has 0 saturated carbocycles. The van der Waals surface area contributed by atoms with Crippen molar-refractivity contribution in [2.75, 3.05) is 0 Å². The molecule has 1 aliphatic rings. The lowest BCUT2D eigenvalue weighted by Crippen LogP contribution is -2.20. The van der Waals surface area contributed by atoms with Crippen LogP contribution in [0, 0.1) is 13.8 Å². The van der Waals surface area contributed by atoms with Gasteiger partial charge in [0.25, 0.3) is 0 Å². The van der Waals surface area contributed by atoms with E-state index in [4.69, 9.17) is 0 Å². The van der Waals surface area contributed by atoms with Crippen molar-refractivity contribution in [2.45, 2.75) is 13.8 Å². The Labute approximate surface area is 96.7 Å². The standard InChI is InChI=1S/C14H12.Al/c1-11-5-3-7-13(9-11)14-8-4-6-12(2)10-14;/h3-6,9-10H,1-2H3;. The molecule has 0 spiro atoms. The summed E-state index contributed by atoms with van der Waals surface area (Å²) in [7, 11) is 0. The fourth-order valence-corrected chi connectivity index (χ4v) is 3.73. The largest absolute Gasteiger partial charge is 0.300 e. The van der Waals surface area contributed by atoms with Gasteiger partial charge in [-0.05, 0) is 25.0 Å². The summed E-state index contributed by atoms with van der Waals surface area (Å²) in [4.78, 5) is 0. The van der Waals surface area contributed by atoms with E-state index < -0.39 is 0 Å². The number of rotatable bonds is 0. The van der Waals surface area contributed by atoms with Crippen LogP contribution in [0.5, 0.6) is 0 Å². The van der Waals surface area contributed by atoms with Gasteiger partial charge in [-0.1, -0.05) is 47.5 Å². The summed E-state index contributed by atoms with van der Waals surface area (Å²) in [6, 6.07) is 13.7. The van der Waals surface area contributed by atoms with Crippen LogP contribution < -0.4 is 8.85 Å². The first-order valence-electron chi connectivity index (χ1n) is 5.30. The number of hydrogen-bond donors (Lipinski definition) is 0. The van der Waals surface area contributed by atoms with E-state index in [0.29, 0.717) is 15.2 Å². The lowest BCUT2D eigenvalue weighted by molar-refractivity contribution is 1.47. The summed E-state index contributed by atoms with van der Waals surface area (Å²) >= 11 is 0.326. The Morgan fingerprint density at radius 1 is 0.733 bits per heavy atom. The van der Waals surface area contributed by atoms with Gasteiger partial charge >= 0.3 is 15.2 Å². The maximum Gasteiger partial charge on any atom is 0.300 e. The van der Waals surface area contributed by atoms with E-state index in [1.54, 1.807) is 8.85 Å². The normalized spacial score (nSPS) is 11.9. The Bertz CT molecular complexity index is 492. The summed E-state index contributed by atoms with van der Waals surface area (Å²) in [5, 5.41) is 0. The summed E-state index contributed by atoms with van der Waals surface area (Å²) in [6.45, 7) is 4.34. The van der Waals surface area contributed by atoms with Crippen LogP contribution in [0.3, 0.4) is 0 Å². The first kappa shape index (κ1) is 9.22. The average molecular weight is 207 g/mol. The average Bonchev–Trinajstić information content (AvgIpc) is 2.56. The summed E-state index contributed by atoms with van der Waals surface area (Å²) < 4.78 is 3.11. The minimum absolute atomic E-state index is 0.326. The number of aryl methyl sites for hydroxylation is 2. The van der Waals surface area contributed by atoms with Crippen molar-refractivity contribution in [1.29, 1.82) is 0 Å². The molecule has 2 aromatic carbocycles. The third-order valence-electron chi connectivity index (χ3n) is 3.02. The van der Waals surface area contributed by atoms with Crippen molar-refractivity contribution in [1.82, 2.24) is 0 Å². The molecule has 71 valence electrons. The van der Waals surface area contributed by atoms with Crippen LogP contribution >= 0.6 is 0 Å². The van der Waals surface area contributed by atoms with E-state index in [1.165, 1.54) is 22.3 Å². The molecule has 0 aliphatic carbocycles. The van der Waals surface area contributed by atoms with E-state index in [1.807, 2.05) is 0 Å². The molecule has 1 aliphatic heterocycles. The molecule has 0 atom stereocenters. The zero-order valence-corrected chi connectivity index (χ0v) is 10.2. The Hall–Kier alpha value is -1.03. The molecule has 0 N–H and O–H groups in total. The maximum atomic E-state index is 2.33. The molecular weight excluding hydrogens is 195 g/mol. The van der Waals surface area contributed by atoms with Crippen LogP contribution in [-0.2, 0) is 0 Å². The van der Waals surface area contributed by atoms with Crippen molar-refractivity contribution in [3.05, 3.63) is 47.5 Å². The Morgan fingerprint density at radius 3 is 1.67 bits per heavy atom. The fourth-order valence-electron chi connectivity index (χ4n) is 2.23. The van der Waals surface area contributed by atoms with Crippen LogP contribution in [-0.4, -0.2) is 15.2 Å². The van der Waals surface area contributed by atoms with Crippen LogP contribution in [0.25, 0.3) is 11.1 Å². The summed E-state index contributed by atoms with van der Waals surface area (Å²) in [5.41, 5.74) is 5.68. The molecule has 2 aromatic rings. The number of fused-ring (bicyclic) bond motifs is 3. The van der Waals surface area contributed by atoms with Crippen LogP contribution in [0.1, 0.15) is 11.1 Å². The van der Waals surface area contributed by atoms with E-state index in [2.05, 4.69) is 50.2 Å². The molecule has 0 unspecified atom stereocenters. The van der Waals surface area contributed by atoms with Gasteiger partial charge in [0.15, 0.2) is 0 Å². The minimum Gasteiger partial charge on any atom is -0.109 e. The van der Waals surface area contributed by atoms with Crippen LogP contribution in [0.15, 0.2) is 36.4 Å². The van der Waals surface area contributed by atoms with Crippen molar-refractivity contribution in [3.8, 4) is 11.1 Å². The van der Waals surface area contributed by atoms with Gasteiger partial charge in [0.05, 0.1) is 0 Å². The molecule has 0 amide bonds. The fraction of sp³-hybridized carbons (Fsp3) is 0.143. The van der Waals surface area contributed by atoms with Gasteiger partial charge in [0, 0.05) is 0 Å². The third-order valence-corrected chi connectivity index (χ3v) is 4.65. The van der Waals surface area contributed by atoms with Crippen molar-refractivity contribution >= 4 is 24.1 Å². The van der Waals surface area contributed by atoms with Crippen LogP contribution in [0.2, 0.25) is 0 Å². The SMILES string of the molecule is Cc1cc[c]2c(c1)-c1cc(C)cc[c]1[Al]2. The molecule has 1 heterocycles. The molecule has 0 bridgehead atoms. The van der Waals surface area contributed by atoms with Gasteiger partial charge in [-0.25, -0.2) is 0 Å². The highest BCUT2D eigenvalue weighted by Crippen LogP contribution is 2.21. The van der Waals surface area contributed by atoms with Gasteiger partial charge in [-0.2, -0.15) is 0 Å². The van der Waals surface area contributed by atoms with E-state index in [-0.39, 0.29) is 0 Å². The Kier molecular flexibility index (Phi) is 1.99. The first-order valence-corrected chi connectivity index (χ1v) is 6.46. The van der Waals surface area contributed by atoms with Crippen LogP contribution in [0.4, 0.5) is 0 Å². The monoisotopic (exact) mass is 207 g/mol. The van der Waals surface area contributed by atoms with Gasteiger partial charge in [-0.15, -0.1) is 8.85 Å². The predicted octanol–water partition coefficient (Wildman–Crippen LogP) is 1.94. The molecule has 1 radical (unpaired) electrons. The Morgan fingerprint density at radius 2 is 1.20 bits per heavy atom. The maximum absolute atomic E-state index is 2.33. The molecule has 0 aromatic heterocycles. The van der Waals surface area contributed by atoms with Crippen molar-refractivity contribution in [3.63, 3.8) is 0 Å². The van der Waals surface area contributed by atoms with Gasteiger partial charge < -0.3 is 0 Å². The lowest BCUT2D eigenvalue weighted by Gasteiger charge is -2.04. The smallest absolute Gasteiger partial charge is 0.109 e.